The van der Waals surface area contributed by atoms with E-state index in [9.17, 15) is 14.4 Å². The lowest BCUT2D eigenvalue weighted by Crippen LogP contribution is -2.30. The van der Waals surface area contributed by atoms with E-state index >= 15 is 0 Å². The molecule has 1 atom stereocenters. The monoisotopic (exact) mass is 829 g/mol. The molecule has 6 heteroatoms. The molecule has 336 valence electrons. The molecule has 0 fully saturated rings. The average molecular weight is 829 g/mol. The lowest BCUT2D eigenvalue weighted by atomic mass is 10.1. The highest BCUT2D eigenvalue weighted by molar-refractivity contribution is 5.71. The van der Waals surface area contributed by atoms with Crippen LogP contribution in [0.5, 0.6) is 0 Å². The second kappa shape index (κ2) is 47.5. The summed E-state index contributed by atoms with van der Waals surface area (Å²) >= 11 is 0. The lowest BCUT2D eigenvalue weighted by Gasteiger charge is -2.18. The van der Waals surface area contributed by atoms with E-state index in [1.807, 2.05) is 0 Å². The quantitative estimate of drug-likeness (QED) is 0.0265. The molecule has 60 heavy (non-hydrogen) atoms. The van der Waals surface area contributed by atoms with Gasteiger partial charge in [-0.3, -0.25) is 14.4 Å². The number of carbonyl (C=O) groups is 3. The molecule has 0 saturated carbocycles. The number of ether oxygens (including phenoxy) is 3. The van der Waals surface area contributed by atoms with E-state index in [-0.39, 0.29) is 44.0 Å². The SMILES string of the molecule is CC/C=C\C/C=C\C/C=C\C/C=C\CCCCCC(=O)OC(COC(=O)CCC/C=C\C/C=C\C/C=C\C/C=C\CCCCC)COC(=O)CCCC/C=C\C/C=C\CC. The van der Waals surface area contributed by atoms with Crippen molar-refractivity contribution in [2.75, 3.05) is 13.2 Å². The summed E-state index contributed by atoms with van der Waals surface area (Å²) in [5, 5.41) is 0. The zero-order chi connectivity index (χ0) is 43.7. The third-order valence-electron chi connectivity index (χ3n) is 9.18. The summed E-state index contributed by atoms with van der Waals surface area (Å²) in [6, 6.07) is 0. The summed E-state index contributed by atoms with van der Waals surface area (Å²) in [5.74, 6) is -1.07. The third-order valence-corrected chi connectivity index (χ3v) is 9.18. The zero-order valence-electron chi connectivity index (χ0n) is 38.2. The van der Waals surface area contributed by atoms with Crippen LogP contribution < -0.4 is 0 Å². The van der Waals surface area contributed by atoms with Gasteiger partial charge in [-0.2, -0.15) is 0 Å². The van der Waals surface area contributed by atoms with E-state index in [0.29, 0.717) is 25.7 Å². The first kappa shape index (κ1) is 55.8. The van der Waals surface area contributed by atoms with Crippen molar-refractivity contribution in [2.45, 2.75) is 187 Å². The fraction of sp³-hybridized carbons (Fsp3) is 0.574. The van der Waals surface area contributed by atoms with Crippen LogP contribution in [-0.4, -0.2) is 37.2 Å². The van der Waals surface area contributed by atoms with Crippen molar-refractivity contribution in [1.29, 1.82) is 0 Å². The largest absolute Gasteiger partial charge is 0.462 e. The van der Waals surface area contributed by atoms with Gasteiger partial charge in [-0.15, -0.1) is 0 Å². The van der Waals surface area contributed by atoms with Crippen LogP contribution in [-0.2, 0) is 28.6 Å². The molecule has 0 radical (unpaired) electrons. The average Bonchev–Trinajstić information content (AvgIpc) is 3.24. The van der Waals surface area contributed by atoms with Crippen molar-refractivity contribution in [3.8, 4) is 0 Å². The normalized spacial score (nSPS) is 13.2. The Balaban J connectivity index is 4.55. The lowest BCUT2D eigenvalue weighted by molar-refractivity contribution is -0.167. The fourth-order valence-electron chi connectivity index (χ4n) is 5.70. The second-order valence-electron chi connectivity index (χ2n) is 14.9. The standard InChI is InChI=1S/C54H84O6/c1-4-7-10-13-16-19-21-23-25-27-29-30-32-35-38-41-44-47-53(56)59-50-51(49-58-52(55)46-43-40-37-34-18-15-12-9-6-3)60-54(57)48-45-42-39-36-33-31-28-26-24-22-20-17-14-11-8-5-2/h8-9,11-12,16-20,23-26,29-31,33-35,38,51H,4-7,10,13-15,21-22,27-28,32,36-37,39-50H2,1-3H3/b11-8-,12-9-,19-16-,20-17-,25-23-,26-24-,30-29-,33-31-,34-18-,38-35-. The van der Waals surface area contributed by atoms with Crippen LogP contribution in [0.2, 0.25) is 0 Å². The molecule has 0 amide bonds. The Morgan fingerprint density at radius 2 is 0.667 bits per heavy atom. The fourth-order valence-corrected chi connectivity index (χ4v) is 5.70. The molecule has 0 N–H and O–H groups in total. The Kier molecular flexibility index (Phi) is 44.2. The molecule has 1 unspecified atom stereocenters. The Labute approximate surface area is 367 Å². The van der Waals surface area contributed by atoms with E-state index in [0.717, 1.165) is 96.3 Å². The molecular formula is C54H84O6. The van der Waals surface area contributed by atoms with Crippen LogP contribution in [0.15, 0.2) is 122 Å². The maximum atomic E-state index is 12.7. The van der Waals surface area contributed by atoms with Gasteiger partial charge in [0.25, 0.3) is 0 Å². The molecule has 0 aliphatic heterocycles. The Morgan fingerprint density at radius 3 is 1.08 bits per heavy atom. The summed E-state index contributed by atoms with van der Waals surface area (Å²) in [4.78, 5) is 37.7. The maximum Gasteiger partial charge on any atom is 0.306 e. The second-order valence-corrected chi connectivity index (χ2v) is 14.9. The van der Waals surface area contributed by atoms with E-state index < -0.39 is 6.10 Å². The van der Waals surface area contributed by atoms with E-state index in [1.54, 1.807) is 0 Å². The predicted octanol–water partition coefficient (Wildman–Crippen LogP) is 15.4. The van der Waals surface area contributed by atoms with E-state index in [4.69, 9.17) is 14.2 Å². The minimum Gasteiger partial charge on any atom is -0.462 e. The molecule has 0 spiro atoms. The number of allylic oxidation sites excluding steroid dienone is 20. The van der Waals surface area contributed by atoms with Crippen LogP contribution in [0.4, 0.5) is 0 Å². The van der Waals surface area contributed by atoms with Gasteiger partial charge < -0.3 is 14.2 Å². The summed E-state index contributed by atoms with van der Waals surface area (Å²) in [5.41, 5.74) is 0. The Bertz CT molecular complexity index is 1320. The van der Waals surface area contributed by atoms with Gasteiger partial charge in [0.15, 0.2) is 6.10 Å². The number of carbonyl (C=O) groups excluding carboxylic acids is 3. The van der Waals surface area contributed by atoms with Crippen LogP contribution in [0.3, 0.4) is 0 Å². The van der Waals surface area contributed by atoms with Crippen molar-refractivity contribution in [2.24, 2.45) is 0 Å². The minimum atomic E-state index is -0.831. The summed E-state index contributed by atoms with van der Waals surface area (Å²) in [6.07, 6.45) is 64.8. The van der Waals surface area contributed by atoms with Gasteiger partial charge in [0.2, 0.25) is 0 Å². The first-order chi connectivity index (χ1) is 29.5. The van der Waals surface area contributed by atoms with Crippen LogP contribution in [0.1, 0.15) is 181 Å². The molecule has 0 heterocycles. The molecule has 0 rings (SSSR count). The number of rotatable bonds is 40. The maximum absolute atomic E-state index is 12.7. The van der Waals surface area contributed by atoms with Gasteiger partial charge in [0.1, 0.15) is 13.2 Å². The van der Waals surface area contributed by atoms with Gasteiger partial charge >= 0.3 is 17.9 Å². The highest BCUT2D eigenvalue weighted by Crippen LogP contribution is 2.10. The Morgan fingerprint density at radius 1 is 0.350 bits per heavy atom. The number of hydrogen-bond acceptors (Lipinski definition) is 6. The summed E-state index contributed by atoms with van der Waals surface area (Å²) in [7, 11) is 0. The first-order valence-electron chi connectivity index (χ1n) is 23.5. The number of esters is 3. The topological polar surface area (TPSA) is 78.9 Å². The van der Waals surface area contributed by atoms with E-state index in [1.165, 1.54) is 25.7 Å². The Hall–Kier alpha value is -4.19. The van der Waals surface area contributed by atoms with Crippen LogP contribution in [0, 0.1) is 0 Å². The third kappa shape index (κ3) is 44.9. The van der Waals surface area contributed by atoms with Gasteiger partial charge in [-0.05, 0) is 122 Å². The molecule has 0 aromatic heterocycles. The predicted molar refractivity (Wildman–Crippen MR) is 256 cm³/mol. The summed E-state index contributed by atoms with van der Waals surface area (Å²) < 4.78 is 16.6. The van der Waals surface area contributed by atoms with Crippen LogP contribution in [0.25, 0.3) is 0 Å². The highest BCUT2D eigenvalue weighted by atomic mass is 16.6. The first-order valence-corrected chi connectivity index (χ1v) is 23.5. The van der Waals surface area contributed by atoms with Gasteiger partial charge in [-0.25, -0.2) is 0 Å². The highest BCUT2D eigenvalue weighted by Gasteiger charge is 2.19. The van der Waals surface area contributed by atoms with Gasteiger partial charge in [0.05, 0.1) is 0 Å². The van der Waals surface area contributed by atoms with Gasteiger partial charge in [-0.1, -0.05) is 162 Å². The molecular weight excluding hydrogens is 745 g/mol. The van der Waals surface area contributed by atoms with Gasteiger partial charge in [0, 0.05) is 19.3 Å². The van der Waals surface area contributed by atoms with Crippen LogP contribution >= 0.6 is 0 Å². The van der Waals surface area contributed by atoms with Crippen molar-refractivity contribution in [3.63, 3.8) is 0 Å². The molecule has 0 aliphatic carbocycles. The van der Waals surface area contributed by atoms with E-state index in [2.05, 4.69) is 142 Å². The minimum absolute atomic E-state index is 0.129. The van der Waals surface area contributed by atoms with Crippen molar-refractivity contribution >= 4 is 17.9 Å². The smallest absolute Gasteiger partial charge is 0.306 e. The molecule has 6 nitrogen and oxygen atoms in total. The molecule has 0 aromatic rings. The van der Waals surface area contributed by atoms with Crippen molar-refractivity contribution in [3.05, 3.63) is 122 Å². The molecule has 0 bridgehead atoms. The number of hydrogen-bond donors (Lipinski definition) is 0. The zero-order valence-corrected chi connectivity index (χ0v) is 38.2. The van der Waals surface area contributed by atoms with Crippen molar-refractivity contribution < 1.29 is 28.6 Å². The molecule has 0 aliphatic rings. The molecule has 0 saturated heterocycles. The number of unbranched alkanes of at least 4 members (excludes halogenated alkanes) is 9. The molecule has 0 aromatic carbocycles. The summed E-state index contributed by atoms with van der Waals surface area (Å²) in [6.45, 7) is 6.23. The van der Waals surface area contributed by atoms with Crippen molar-refractivity contribution in [1.82, 2.24) is 0 Å².